The lowest BCUT2D eigenvalue weighted by atomic mass is 10.1. The summed E-state index contributed by atoms with van der Waals surface area (Å²) in [6.07, 6.45) is -4.64. The minimum atomic E-state index is -4.64. The standard InChI is InChI=1S/C24H20F3NO5/c1-31-21-13-17(11-12-20(21)32-14-16-7-3-2-4-8-16)23(30)33-15-22(29)28-19-10-6-5-9-18(19)24(25,26)27/h2-13H,14-15H2,1H3,(H,28,29). The minimum absolute atomic E-state index is 0.0856. The number of anilines is 1. The van der Waals surface area contributed by atoms with Crippen LogP contribution >= 0.6 is 0 Å². The third kappa shape index (κ3) is 6.49. The second-order valence-electron chi connectivity index (χ2n) is 6.81. The quantitative estimate of drug-likeness (QED) is 0.475. The molecule has 0 aromatic heterocycles. The Morgan fingerprint density at radius 1 is 0.909 bits per heavy atom. The lowest BCUT2D eigenvalue weighted by molar-refractivity contribution is -0.137. The summed E-state index contributed by atoms with van der Waals surface area (Å²) in [7, 11) is 1.41. The number of nitrogens with one attached hydrogen (secondary N) is 1. The smallest absolute Gasteiger partial charge is 0.418 e. The summed E-state index contributed by atoms with van der Waals surface area (Å²) in [6, 6.07) is 18.3. The first kappa shape index (κ1) is 23.6. The van der Waals surface area contributed by atoms with Gasteiger partial charge in [0, 0.05) is 0 Å². The molecule has 0 radical (unpaired) electrons. The Bertz CT molecular complexity index is 1120. The Hall–Kier alpha value is -4.01. The summed E-state index contributed by atoms with van der Waals surface area (Å²) in [5.74, 6) is -1.07. The fourth-order valence-electron chi connectivity index (χ4n) is 2.89. The van der Waals surface area contributed by atoms with Crippen LogP contribution in [0.4, 0.5) is 18.9 Å². The van der Waals surface area contributed by atoms with E-state index in [0.29, 0.717) is 12.4 Å². The van der Waals surface area contributed by atoms with Crippen molar-refractivity contribution in [2.24, 2.45) is 0 Å². The molecule has 0 aliphatic carbocycles. The topological polar surface area (TPSA) is 73.9 Å². The van der Waals surface area contributed by atoms with E-state index in [2.05, 4.69) is 5.32 Å². The molecule has 1 N–H and O–H groups in total. The predicted molar refractivity (Wildman–Crippen MR) is 114 cm³/mol. The number of esters is 1. The van der Waals surface area contributed by atoms with Crippen LogP contribution in [-0.4, -0.2) is 25.6 Å². The van der Waals surface area contributed by atoms with Crippen LogP contribution in [-0.2, 0) is 22.3 Å². The Labute approximate surface area is 187 Å². The number of para-hydroxylation sites is 1. The molecule has 0 fully saturated rings. The van der Waals surface area contributed by atoms with E-state index < -0.39 is 35.9 Å². The first-order valence-corrected chi connectivity index (χ1v) is 9.76. The van der Waals surface area contributed by atoms with Crippen molar-refractivity contribution < 1.29 is 37.0 Å². The van der Waals surface area contributed by atoms with Gasteiger partial charge >= 0.3 is 12.1 Å². The molecule has 0 unspecified atom stereocenters. The summed E-state index contributed by atoms with van der Waals surface area (Å²) < 4.78 is 55.0. The predicted octanol–water partition coefficient (Wildman–Crippen LogP) is 5.09. The number of alkyl halides is 3. The molecule has 0 saturated carbocycles. The van der Waals surface area contributed by atoms with Crippen LogP contribution < -0.4 is 14.8 Å². The molecule has 0 heterocycles. The second kappa shape index (κ2) is 10.5. The zero-order chi connectivity index (χ0) is 23.8. The number of carbonyl (C=O) groups is 2. The van der Waals surface area contributed by atoms with Crippen molar-refractivity contribution in [3.8, 4) is 11.5 Å². The lowest BCUT2D eigenvalue weighted by Gasteiger charge is -2.14. The number of rotatable bonds is 8. The zero-order valence-corrected chi connectivity index (χ0v) is 17.5. The van der Waals surface area contributed by atoms with Crippen LogP contribution in [0.1, 0.15) is 21.5 Å². The van der Waals surface area contributed by atoms with Crippen LogP contribution in [0, 0.1) is 0 Å². The number of hydrogen-bond acceptors (Lipinski definition) is 5. The Morgan fingerprint density at radius 2 is 1.61 bits per heavy atom. The third-order valence-corrected chi connectivity index (χ3v) is 4.48. The molecule has 172 valence electrons. The van der Waals surface area contributed by atoms with Gasteiger partial charge in [0.05, 0.1) is 23.9 Å². The normalized spacial score (nSPS) is 10.9. The van der Waals surface area contributed by atoms with Gasteiger partial charge in [0.15, 0.2) is 18.1 Å². The number of benzene rings is 3. The molecule has 3 aromatic carbocycles. The molecule has 3 aromatic rings. The van der Waals surface area contributed by atoms with Crippen LogP contribution in [0.15, 0.2) is 72.8 Å². The van der Waals surface area contributed by atoms with Crippen molar-refractivity contribution in [3.05, 3.63) is 89.5 Å². The molecule has 0 spiro atoms. The van der Waals surface area contributed by atoms with Crippen molar-refractivity contribution in [1.82, 2.24) is 0 Å². The summed E-state index contributed by atoms with van der Waals surface area (Å²) in [6.45, 7) is -0.472. The third-order valence-electron chi connectivity index (χ3n) is 4.48. The van der Waals surface area contributed by atoms with Gasteiger partial charge in [0.1, 0.15) is 6.61 Å². The van der Waals surface area contributed by atoms with E-state index >= 15 is 0 Å². The van der Waals surface area contributed by atoms with Gasteiger partial charge in [-0.1, -0.05) is 42.5 Å². The molecule has 9 heteroatoms. The molecular weight excluding hydrogens is 439 g/mol. The van der Waals surface area contributed by atoms with Gasteiger partial charge in [-0.25, -0.2) is 4.79 Å². The first-order valence-electron chi connectivity index (χ1n) is 9.76. The van der Waals surface area contributed by atoms with Gasteiger partial charge in [0.2, 0.25) is 0 Å². The summed E-state index contributed by atoms with van der Waals surface area (Å²) in [4.78, 5) is 24.3. The maximum absolute atomic E-state index is 13.0. The number of ether oxygens (including phenoxy) is 3. The molecule has 0 bridgehead atoms. The SMILES string of the molecule is COc1cc(C(=O)OCC(=O)Nc2ccccc2C(F)(F)F)ccc1OCc1ccccc1. The average molecular weight is 459 g/mol. The van der Waals surface area contributed by atoms with Crippen LogP contribution in [0.2, 0.25) is 0 Å². The Balaban J connectivity index is 1.59. The van der Waals surface area contributed by atoms with Crippen LogP contribution in [0.25, 0.3) is 0 Å². The minimum Gasteiger partial charge on any atom is -0.493 e. The van der Waals surface area contributed by atoms with Crippen LogP contribution in [0.5, 0.6) is 11.5 Å². The van der Waals surface area contributed by atoms with E-state index in [9.17, 15) is 22.8 Å². The first-order chi connectivity index (χ1) is 15.8. The van der Waals surface area contributed by atoms with Crippen molar-refractivity contribution in [3.63, 3.8) is 0 Å². The number of carbonyl (C=O) groups excluding carboxylic acids is 2. The summed E-state index contributed by atoms with van der Waals surface area (Å²) in [5, 5.41) is 2.11. The van der Waals surface area contributed by atoms with Gasteiger partial charge < -0.3 is 19.5 Å². The molecule has 3 rings (SSSR count). The Morgan fingerprint density at radius 3 is 2.30 bits per heavy atom. The van der Waals surface area contributed by atoms with E-state index in [1.165, 1.54) is 37.4 Å². The number of amides is 1. The molecule has 6 nitrogen and oxygen atoms in total. The van der Waals surface area contributed by atoms with Crippen molar-refractivity contribution >= 4 is 17.6 Å². The monoisotopic (exact) mass is 459 g/mol. The molecular formula is C24H20F3NO5. The Kier molecular flexibility index (Phi) is 7.55. The molecule has 0 saturated heterocycles. The molecule has 0 atom stereocenters. The van der Waals surface area contributed by atoms with Gasteiger partial charge in [-0.15, -0.1) is 0 Å². The van der Waals surface area contributed by atoms with E-state index in [-0.39, 0.29) is 11.3 Å². The fourth-order valence-corrected chi connectivity index (χ4v) is 2.89. The summed E-state index contributed by atoms with van der Waals surface area (Å²) in [5.41, 5.74) is -0.392. The molecule has 0 aliphatic heterocycles. The highest BCUT2D eigenvalue weighted by Crippen LogP contribution is 2.34. The van der Waals surface area contributed by atoms with Crippen LogP contribution in [0.3, 0.4) is 0 Å². The summed E-state index contributed by atoms with van der Waals surface area (Å²) >= 11 is 0. The highest BCUT2D eigenvalue weighted by atomic mass is 19.4. The van der Waals surface area contributed by atoms with Gasteiger partial charge in [-0.2, -0.15) is 13.2 Å². The number of halogens is 3. The van der Waals surface area contributed by atoms with E-state index in [4.69, 9.17) is 14.2 Å². The maximum Gasteiger partial charge on any atom is 0.418 e. The lowest BCUT2D eigenvalue weighted by Crippen LogP contribution is -2.22. The molecule has 33 heavy (non-hydrogen) atoms. The number of methoxy groups -OCH3 is 1. The number of hydrogen-bond donors (Lipinski definition) is 1. The highest BCUT2D eigenvalue weighted by Gasteiger charge is 2.33. The van der Waals surface area contributed by atoms with Gasteiger partial charge in [0.25, 0.3) is 5.91 Å². The van der Waals surface area contributed by atoms with E-state index in [1.54, 1.807) is 0 Å². The van der Waals surface area contributed by atoms with E-state index in [0.717, 1.165) is 17.7 Å². The second-order valence-corrected chi connectivity index (χ2v) is 6.81. The molecule has 0 aliphatic rings. The zero-order valence-electron chi connectivity index (χ0n) is 17.5. The van der Waals surface area contributed by atoms with Crippen molar-refractivity contribution in [2.45, 2.75) is 12.8 Å². The largest absolute Gasteiger partial charge is 0.493 e. The maximum atomic E-state index is 13.0. The fraction of sp³-hybridized carbons (Fsp3) is 0.167. The van der Waals surface area contributed by atoms with Crippen molar-refractivity contribution in [1.29, 1.82) is 0 Å². The highest BCUT2D eigenvalue weighted by molar-refractivity contribution is 5.96. The van der Waals surface area contributed by atoms with Gasteiger partial charge in [-0.05, 0) is 35.9 Å². The average Bonchev–Trinajstić information content (AvgIpc) is 2.81. The van der Waals surface area contributed by atoms with Crippen molar-refractivity contribution in [2.75, 3.05) is 19.0 Å². The molecule has 1 amide bonds. The van der Waals surface area contributed by atoms with E-state index in [1.807, 2.05) is 30.3 Å². The van der Waals surface area contributed by atoms with Gasteiger partial charge in [-0.3, -0.25) is 4.79 Å².